The summed E-state index contributed by atoms with van der Waals surface area (Å²) >= 11 is 0. The molecule has 2 heterocycles. The lowest BCUT2D eigenvalue weighted by Crippen LogP contribution is -2.48. The second-order valence-electron chi connectivity index (χ2n) is 9.24. The van der Waals surface area contributed by atoms with Crippen molar-refractivity contribution >= 4 is 23.4 Å². The zero-order valence-electron chi connectivity index (χ0n) is 19.7. The Morgan fingerprint density at radius 3 is 2.38 bits per heavy atom. The molecule has 3 amide bonds. The highest BCUT2D eigenvalue weighted by atomic mass is 19.1. The van der Waals surface area contributed by atoms with Crippen molar-refractivity contribution < 1.29 is 23.5 Å². The molecule has 2 aliphatic heterocycles. The van der Waals surface area contributed by atoms with Gasteiger partial charge in [0.15, 0.2) is 0 Å². The third kappa shape index (κ3) is 5.28. The zero-order chi connectivity index (χ0) is 24.4. The first-order valence-corrected chi connectivity index (χ1v) is 11.6. The van der Waals surface area contributed by atoms with Gasteiger partial charge in [-0.2, -0.15) is 0 Å². The van der Waals surface area contributed by atoms with Gasteiger partial charge < -0.3 is 19.9 Å². The van der Waals surface area contributed by atoms with Crippen molar-refractivity contribution in [3.8, 4) is 0 Å². The Kier molecular flexibility index (Phi) is 6.97. The van der Waals surface area contributed by atoms with Gasteiger partial charge in [-0.05, 0) is 56.2 Å². The summed E-state index contributed by atoms with van der Waals surface area (Å²) in [6, 6.07) is 11.8. The monoisotopic (exact) mass is 467 g/mol. The van der Waals surface area contributed by atoms with Crippen molar-refractivity contribution in [1.82, 2.24) is 10.2 Å². The molecule has 7 nitrogen and oxygen atoms in total. The lowest BCUT2D eigenvalue weighted by molar-refractivity contribution is -0.126. The highest BCUT2D eigenvalue weighted by Crippen LogP contribution is 2.28. The van der Waals surface area contributed by atoms with E-state index in [1.54, 1.807) is 36.1 Å². The standard InChI is InChI=1S/C26H30FN3O4/c1-16-4-9-23(22(27)10-16)30-15-21(11-24(30)31)25(32)28-12-19-5-7-20(8-6-19)26(33)29-13-17(2)34-18(3)14-29/h4-10,17-18,21H,11-15H2,1-3H3,(H,28,32). The summed E-state index contributed by atoms with van der Waals surface area (Å²) in [5.41, 5.74) is 2.41. The number of hydrogen-bond donors (Lipinski definition) is 1. The van der Waals surface area contributed by atoms with Crippen LogP contribution in [0.2, 0.25) is 0 Å². The van der Waals surface area contributed by atoms with Gasteiger partial charge in [-0.1, -0.05) is 18.2 Å². The van der Waals surface area contributed by atoms with E-state index in [4.69, 9.17) is 4.74 Å². The summed E-state index contributed by atoms with van der Waals surface area (Å²) in [6.45, 7) is 7.24. The number of rotatable bonds is 5. The molecule has 8 heteroatoms. The predicted molar refractivity (Wildman–Crippen MR) is 126 cm³/mol. The molecule has 2 aromatic carbocycles. The molecule has 0 aliphatic carbocycles. The number of benzene rings is 2. The van der Waals surface area contributed by atoms with Crippen molar-refractivity contribution in [2.24, 2.45) is 5.92 Å². The van der Waals surface area contributed by atoms with Crippen LogP contribution in [0.5, 0.6) is 0 Å². The first-order chi connectivity index (χ1) is 16.2. The lowest BCUT2D eigenvalue weighted by atomic mass is 10.1. The summed E-state index contributed by atoms with van der Waals surface area (Å²) < 4.78 is 20.0. The van der Waals surface area contributed by atoms with E-state index in [1.807, 2.05) is 26.0 Å². The van der Waals surface area contributed by atoms with Gasteiger partial charge in [-0.25, -0.2) is 4.39 Å². The Labute approximate surface area is 198 Å². The fourth-order valence-corrected chi connectivity index (χ4v) is 4.57. The fraction of sp³-hybridized carbons (Fsp3) is 0.423. The third-order valence-corrected chi connectivity index (χ3v) is 6.26. The van der Waals surface area contributed by atoms with Gasteiger partial charge in [-0.3, -0.25) is 14.4 Å². The van der Waals surface area contributed by atoms with Crippen LogP contribution in [0.1, 0.15) is 41.8 Å². The van der Waals surface area contributed by atoms with Gasteiger partial charge >= 0.3 is 0 Å². The highest BCUT2D eigenvalue weighted by Gasteiger charge is 2.36. The molecular weight excluding hydrogens is 437 g/mol. The molecule has 1 N–H and O–H groups in total. The number of amides is 3. The summed E-state index contributed by atoms with van der Waals surface area (Å²) in [5, 5.41) is 2.86. The third-order valence-electron chi connectivity index (χ3n) is 6.26. The minimum absolute atomic E-state index is 0.00285. The molecule has 0 spiro atoms. The number of anilines is 1. The Bertz CT molecular complexity index is 1080. The largest absolute Gasteiger partial charge is 0.372 e. The molecular formula is C26H30FN3O4. The van der Waals surface area contributed by atoms with Crippen molar-refractivity contribution in [3.63, 3.8) is 0 Å². The first-order valence-electron chi connectivity index (χ1n) is 11.6. The summed E-state index contributed by atoms with van der Waals surface area (Å²) in [7, 11) is 0. The van der Waals surface area contributed by atoms with Gasteiger partial charge in [-0.15, -0.1) is 0 Å². The maximum absolute atomic E-state index is 14.3. The van der Waals surface area contributed by atoms with Crippen LogP contribution in [0.15, 0.2) is 42.5 Å². The molecule has 2 aromatic rings. The van der Waals surface area contributed by atoms with Crippen LogP contribution in [-0.2, 0) is 20.9 Å². The molecule has 2 fully saturated rings. The number of carbonyl (C=O) groups is 3. The maximum atomic E-state index is 14.3. The van der Waals surface area contributed by atoms with Crippen LogP contribution >= 0.6 is 0 Å². The first kappa shape index (κ1) is 23.9. The number of carbonyl (C=O) groups excluding carboxylic acids is 3. The van der Waals surface area contributed by atoms with Crippen molar-refractivity contribution in [2.45, 2.75) is 45.9 Å². The number of morpholine rings is 1. The number of ether oxygens (including phenoxy) is 1. The molecule has 0 aromatic heterocycles. The van der Waals surface area contributed by atoms with E-state index in [-0.39, 0.29) is 55.1 Å². The van der Waals surface area contributed by atoms with E-state index in [0.717, 1.165) is 11.1 Å². The lowest BCUT2D eigenvalue weighted by Gasteiger charge is -2.35. The van der Waals surface area contributed by atoms with E-state index in [0.29, 0.717) is 18.7 Å². The van der Waals surface area contributed by atoms with E-state index in [1.165, 1.54) is 11.0 Å². The smallest absolute Gasteiger partial charge is 0.254 e. The summed E-state index contributed by atoms with van der Waals surface area (Å²) in [5.74, 6) is -1.56. The molecule has 0 radical (unpaired) electrons. The maximum Gasteiger partial charge on any atom is 0.254 e. The van der Waals surface area contributed by atoms with Crippen LogP contribution in [0.25, 0.3) is 0 Å². The van der Waals surface area contributed by atoms with Crippen LogP contribution in [0, 0.1) is 18.7 Å². The van der Waals surface area contributed by atoms with Gasteiger partial charge in [0, 0.05) is 38.2 Å². The van der Waals surface area contributed by atoms with E-state index in [9.17, 15) is 18.8 Å². The van der Waals surface area contributed by atoms with Crippen LogP contribution in [0.4, 0.5) is 10.1 Å². The number of nitrogens with zero attached hydrogens (tertiary/aromatic N) is 2. The number of halogens is 1. The number of hydrogen-bond acceptors (Lipinski definition) is 4. The van der Waals surface area contributed by atoms with Crippen molar-refractivity contribution in [1.29, 1.82) is 0 Å². The Morgan fingerprint density at radius 2 is 1.74 bits per heavy atom. The summed E-state index contributed by atoms with van der Waals surface area (Å²) in [4.78, 5) is 41.0. The molecule has 3 unspecified atom stereocenters. The molecule has 2 saturated heterocycles. The van der Waals surface area contributed by atoms with Crippen LogP contribution < -0.4 is 10.2 Å². The molecule has 34 heavy (non-hydrogen) atoms. The molecule has 180 valence electrons. The average Bonchev–Trinajstić information content (AvgIpc) is 3.18. The fourth-order valence-electron chi connectivity index (χ4n) is 4.57. The Morgan fingerprint density at radius 1 is 1.06 bits per heavy atom. The second-order valence-corrected chi connectivity index (χ2v) is 9.24. The van der Waals surface area contributed by atoms with Crippen LogP contribution in [0.3, 0.4) is 0 Å². The average molecular weight is 468 g/mol. The van der Waals surface area contributed by atoms with Gasteiger partial charge in [0.25, 0.3) is 5.91 Å². The van der Waals surface area contributed by atoms with Crippen molar-refractivity contribution in [3.05, 3.63) is 65.0 Å². The Hall–Kier alpha value is -3.26. The normalized spacial score (nSPS) is 22.7. The minimum Gasteiger partial charge on any atom is -0.372 e. The van der Waals surface area contributed by atoms with E-state index in [2.05, 4.69) is 5.32 Å². The molecule has 4 rings (SSSR count). The topological polar surface area (TPSA) is 79.0 Å². The van der Waals surface area contributed by atoms with Gasteiger partial charge in [0.05, 0.1) is 23.8 Å². The predicted octanol–water partition coefficient (Wildman–Crippen LogP) is 3.05. The number of aryl methyl sites for hydroxylation is 1. The van der Waals surface area contributed by atoms with Crippen LogP contribution in [-0.4, -0.2) is 54.5 Å². The molecule has 0 bridgehead atoms. The minimum atomic E-state index is -0.542. The molecule has 3 atom stereocenters. The van der Waals surface area contributed by atoms with Gasteiger partial charge in [0.1, 0.15) is 5.82 Å². The zero-order valence-corrected chi connectivity index (χ0v) is 19.7. The number of nitrogens with one attached hydrogen (secondary N) is 1. The quantitative estimate of drug-likeness (QED) is 0.733. The van der Waals surface area contributed by atoms with E-state index >= 15 is 0 Å². The Balaban J connectivity index is 1.32. The SMILES string of the molecule is Cc1ccc(N2CC(C(=O)NCc3ccc(C(=O)N4CC(C)OC(C)C4)cc3)CC2=O)c(F)c1. The summed E-state index contributed by atoms with van der Waals surface area (Å²) in [6.07, 6.45) is 0.0503. The van der Waals surface area contributed by atoms with Crippen molar-refractivity contribution in [2.75, 3.05) is 24.5 Å². The van der Waals surface area contributed by atoms with Gasteiger partial charge in [0.2, 0.25) is 11.8 Å². The highest BCUT2D eigenvalue weighted by molar-refractivity contribution is 6.00. The second kappa shape index (κ2) is 9.93. The molecule has 2 aliphatic rings. The molecule has 0 saturated carbocycles. The van der Waals surface area contributed by atoms with E-state index < -0.39 is 11.7 Å².